The molecule has 1 aromatic heterocycles. The largest absolute Gasteiger partial charge is 0.355 e. The van der Waals surface area contributed by atoms with Crippen LogP contribution in [0.3, 0.4) is 0 Å². The third kappa shape index (κ3) is 4.72. The van der Waals surface area contributed by atoms with Gasteiger partial charge in [-0.05, 0) is 12.6 Å². The number of nitrogens with one attached hydrogen (secondary N) is 1. The molecule has 1 N–H and O–H groups in total. The highest BCUT2D eigenvalue weighted by Crippen LogP contribution is 2.22. The number of benzene rings is 2. The van der Waals surface area contributed by atoms with Crippen molar-refractivity contribution in [3.8, 4) is 11.3 Å². The highest BCUT2D eigenvalue weighted by atomic mass is 16.5. The van der Waals surface area contributed by atoms with Gasteiger partial charge in [-0.1, -0.05) is 65.8 Å². The van der Waals surface area contributed by atoms with Gasteiger partial charge in [0.15, 0.2) is 11.5 Å². The number of piperazine rings is 1. The first-order valence-corrected chi connectivity index (χ1v) is 9.98. The van der Waals surface area contributed by atoms with E-state index in [2.05, 4.69) is 39.5 Å². The van der Waals surface area contributed by atoms with Crippen molar-refractivity contribution in [2.24, 2.45) is 0 Å². The second-order valence-electron chi connectivity index (χ2n) is 7.42. The Morgan fingerprint density at radius 1 is 1.03 bits per heavy atom. The van der Waals surface area contributed by atoms with Gasteiger partial charge in [-0.3, -0.25) is 9.69 Å². The zero-order chi connectivity index (χ0) is 20.1. The van der Waals surface area contributed by atoms with E-state index in [1.807, 2.05) is 48.5 Å². The van der Waals surface area contributed by atoms with Crippen LogP contribution in [-0.2, 0) is 0 Å². The van der Waals surface area contributed by atoms with Crippen LogP contribution < -0.4 is 5.32 Å². The summed E-state index contributed by atoms with van der Waals surface area (Å²) < 4.78 is 5.36. The number of carbonyl (C=O) groups is 1. The summed E-state index contributed by atoms with van der Waals surface area (Å²) in [6.45, 7) is 4.55. The molecule has 150 valence electrons. The standard InChI is InChI=1S/C23H26N4O2/c1-26-12-14-27(15-13-26)21(18-8-4-2-5-9-18)17-24-23(28)20-16-22(29-25-20)19-10-6-3-7-11-19/h2-11,16,21H,12-15,17H2,1H3,(H,24,28). The molecule has 0 saturated carbocycles. The number of hydrogen-bond donors (Lipinski definition) is 1. The fraction of sp³-hybridized carbons (Fsp3) is 0.304. The minimum atomic E-state index is -0.217. The zero-order valence-corrected chi connectivity index (χ0v) is 16.6. The molecule has 1 unspecified atom stereocenters. The molecule has 2 heterocycles. The molecule has 1 atom stereocenters. The molecule has 4 rings (SSSR count). The SMILES string of the molecule is CN1CCN(C(CNC(=O)c2cc(-c3ccccc3)on2)c2ccccc2)CC1. The lowest BCUT2D eigenvalue weighted by atomic mass is 10.0. The number of carbonyl (C=O) groups excluding carboxylic acids is 1. The summed E-state index contributed by atoms with van der Waals surface area (Å²) in [5.74, 6) is 0.375. The van der Waals surface area contributed by atoms with Crippen LogP contribution in [0, 0.1) is 0 Å². The minimum Gasteiger partial charge on any atom is -0.355 e. The van der Waals surface area contributed by atoms with Gasteiger partial charge in [0.1, 0.15) is 0 Å². The normalized spacial score (nSPS) is 16.4. The third-order valence-electron chi connectivity index (χ3n) is 5.42. The third-order valence-corrected chi connectivity index (χ3v) is 5.42. The maximum atomic E-state index is 12.7. The molecule has 0 bridgehead atoms. The molecule has 1 amide bonds. The molecule has 1 saturated heterocycles. The van der Waals surface area contributed by atoms with Gasteiger partial charge in [0, 0.05) is 44.4 Å². The molecule has 0 radical (unpaired) electrons. The fourth-order valence-electron chi connectivity index (χ4n) is 3.67. The molecule has 0 aliphatic carbocycles. The Labute approximate surface area is 171 Å². The van der Waals surface area contributed by atoms with Crippen molar-refractivity contribution in [1.29, 1.82) is 0 Å². The van der Waals surface area contributed by atoms with Crippen molar-refractivity contribution in [2.45, 2.75) is 6.04 Å². The quantitative estimate of drug-likeness (QED) is 0.701. The number of rotatable bonds is 6. The van der Waals surface area contributed by atoms with Gasteiger partial charge in [-0.25, -0.2) is 0 Å². The second-order valence-corrected chi connectivity index (χ2v) is 7.42. The number of nitrogens with zero attached hydrogens (tertiary/aromatic N) is 3. The Morgan fingerprint density at radius 3 is 2.38 bits per heavy atom. The van der Waals surface area contributed by atoms with Crippen molar-refractivity contribution in [3.05, 3.63) is 78.0 Å². The van der Waals surface area contributed by atoms with Crippen LogP contribution in [0.25, 0.3) is 11.3 Å². The molecule has 1 fully saturated rings. The van der Waals surface area contributed by atoms with Gasteiger partial charge < -0.3 is 14.7 Å². The molecule has 6 nitrogen and oxygen atoms in total. The van der Waals surface area contributed by atoms with E-state index in [1.165, 1.54) is 5.56 Å². The lowest BCUT2D eigenvalue weighted by Crippen LogP contribution is -2.48. The van der Waals surface area contributed by atoms with Gasteiger partial charge in [0.05, 0.1) is 6.04 Å². The first kappa shape index (κ1) is 19.4. The first-order valence-electron chi connectivity index (χ1n) is 9.98. The second kappa shape index (κ2) is 9.03. The van der Waals surface area contributed by atoms with Crippen LogP contribution in [0.5, 0.6) is 0 Å². The molecule has 1 aliphatic heterocycles. The highest BCUT2D eigenvalue weighted by Gasteiger charge is 2.25. The maximum Gasteiger partial charge on any atom is 0.273 e. The average molecular weight is 390 g/mol. The summed E-state index contributed by atoms with van der Waals surface area (Å²) in [6, 6.07) is 21.8. The molecule has 29 heavy (non-hydrogen) atoms. The van der Waals surface area contributed by atoms with E-state index < -0.39 is 0 Å². The summed E-state index contributed by atoms with van der Waals surface area (Å²) >= 11 is 0. The maximum absolute atomic E-state index is 12.7. The molecule has 0 spiro atoms. The lowest BCUT2D eigenvalue weighted by Gasteiger charge is -2.38. The topological polar surface area (TPSA) is 61.6 Å². The Hall–Kier alpha value is -2.96. The highest BCUT2D eigenvalue weighted by molar-refractivity contribution is 5.93. The summed E-state index contributed by atoms with van der Waals surface area (Å²) in [5.41, 5.74) is 2.41. The van der Waals surface area contributed by atoms with E-state index in [1.54, 1.807) is 6.07 Å². The van der Waals surface area contributed by atoms with Crippen LogP contribution in [0.15, 0.2) is 71.3 Å². The Bertz CT molecular complexity index is 918. The van der Waals surface area contributed by atoms with Gasteiger partial charge in [-0.2, -0.15) is 0 Å². The van der Waals surface area contributed by atoms with Crippen molar-refractivity contribution in [2.75, 3.05) is 39.8 Å². The smallest absolute Gasteiger partial charge is 0.273 e. The van der Waals surface area contributed by atoms with Crippen LogP contribution in [-0.4, -0.2) is 60.6 Å². The number of hydrogen-bond acceptors (Lipinski definition) is 5. The van der Waals surface area contributed by atoms with E-state index in [4.69, 9.17) is 4.52 Å². The zero-order valence-electron chi connectivity index (χ0n) is 16.6. The van der Waals surface area contributed by atoms with Crippen LogP contribution in [0.4, 0.5) is 0 Å². The van der Waals surface area contributed by atoms with Gasteiger partial charge >= 0.3 is 0 Å². The van der Waals surface area contributed by atoms with E-state index in [-0.39, 0.29) is 11.9 Å². The van der Waals surface area contributed by atoms with Crippen LogP contribution in [0.2, 0.25) is 0 Å². The predicted octanol–water partition coefficient (Wildman–Crippen LogP) is 3.06. The fourth-order valence-corrected chi connectivity index (χ4v) is 3.67. The molecular formula is C23H26N4O2. The Kier molecular flexibility index (Phi) is 6.03. The molecular weight excluding hydrogens is 364 g/mol. The van der Waals surface area contributed by atoms with Crippen molar-refractivity contribution in [3.63, 3.8) is 0 Å². The summed E-state index contributed by atoms with van der Waals surface area (Å²) in [7, 11) is 2.14. The number of amides is 1. The van der Waals surface area contributed by atoms with E-state index in [0.29, 0.717) is 18.0 Å². The molecule has 1 aliphatic rings. The van der Waals surface area contributed by atoms with E-state index in [9.17, 15) is 4.79 Å². The Balaban J connectivity index is 1.44. The van der Waals surface area contributed by atoms with Crippen molar-refractivity contribution in [1.82, 2.24) is 20.3 Å². The summed E-state index contributed by atoms with van der Waals surface area (Å²) in [6.07, 6.45) is 0. The average Bonchev–Trinajstić information content (AvgIpc) is 3.27. The molecule has 6 heteroatoms. The van der Waals surface area contributed by atoms with Crippen LogP contribution in [0.1, 0.15) is 22.1 Å². The number of likely N-dealkylation sites (N-methyl/N-ethyl adjacent to an activating group) is 1. The molecule has 3 aromatic rings. The monoisotopic (exact) mass is 390 g/mol. The number of aromatic nitrogens is 1. The molecule has 2 aromatic carbocycles. The first-order chi connectivity index (χ1) is 14.2. The van der Waals surface area contributed by atoms with E-state index >= 15 is 0 Å². The summed E-state index contributed by atoms with van der Waals surface area (Å²) in [5, 5.41) is 7.01. The van der Waals surface area contributed by atoms with Crippen molar-refractivity contribution >= 4 is 5.91 Å². The van der Waals surface area contributed by atoms with Gasteiger partial charge in [0.2, 0.25) is 0 Å². The lowest BCUT2D eigenvalue weighted by molar-refractivity contribution is 0.0879. The van der Waals surface area contributed by atoms with Crippen molar-refractivity contribution < 1.29 is 9.32 Å². The minimum absolute atomic E-state index is 0.134. The van der Waals surface area contributed by atoms with Gasteiger partial charge in [-0.15, -0.1) is 0 Å². The van der Waals surface area contributed by atoms with Gasteiger partial charge in [0.25, 0.3) is 5.91 Å². The van der Waals surface area contributed by atoms with Crippen LogP contribution >= 0.6 is 0 Å². The predicted molar refractivity (Wildman–Crippen MR) is 113 cm³/mol. The van der Waals surface area contributed by atoms with E-state index in [0.717, 1.165) is 31.7 Å². The summed E-state index contributed by atoms with van der Waals surface area (Å²) in [4.78, 5) is 17.5. The Morgan fingerprint density at radius 2 is 1.69 bits per heavy atom.